The van der Waals surface area contributed by atoms with Crippen molar-refractivity contribution >= 4 is 46.0 Å². The Morgan fingerprint density at radius 2 is 1.97 bits per heavy atom. The minimum atomic E-state index is -1.01. The van der Waals surface area contributed by atoms with Gasteiger partial charge < -0.3 is 15.5 Å². The monoisotopic (exact) mass is 451 g/mol. The first kappa shape index (κ1) is 21.0. The molecule has 158 valence electrons. The highest BCUT2D eigenvalue weighted by Gasteiger charge is 2.17. The van der Waals surface area contributed by atoms with Crippen molar-refractivity contribution in [3.63, 3.8) is 0 Å². The van der Waals surface area contributed by atoms with Gasteiger partial charge in [-0.1, -0.05) is 18.2 Å². The highest BCUT2D eigenvalue weighted by molar-refractivity contribution is 7.80. The Balaban J connectivity index is 1.46. The number of hydrogen-bond acceptors (Lipinski definition) is 5. The van der Waals surface area contributed by atoms with Crippen LogP contribution in [0.3, 0.4) is 0 Å². The van der Waals surface area contributed by atoms with Crippen LogP contribution in [-0.4, -0.2) is 27.0 Å². The van der Waals surface area contributed by atoms with Gasteiger partial charge in [0.1, 0.15) is 5.75 Å². The van der Waals surface area contributed by atoms with E-state index in [1.807, 2.05) is 5.38 Å². The molecule has 0 radical (unpaired) electrons. The number of fused-ring (bicyclic) bond motifs is 1. The Morgan fingerprint density at radius 3 is 2.77 bits per heavy atom. The van der Waals surface area contributed by atoms with Crippen LogP contribution in [0, 0.1) is 0 Å². The molecule has 4 N–H and O–H groups in total. The van der Waals surface area contributed by atoms with Crippen LogP contribution in [0.15, 0.2) is 52.9 Å². The average molecular weight is 452 g/mol. The Labute approximate surface area is 189 Å². The molecule has 0 saturated heterocycles. The lowest BCUT2D eigenvalue weighted by molar-refractivity contribution is 0.0697. The molecule has 0 unspecified atom stereocenters. The van der Waals surface area contributed by atoms with Crippen molar-refractivity contribution in [2.24, 2.45) is 5.10 Å². The smallest absolute Gasteiger partial charge is 0.335 e. The number of carboxylic acids is 1. The van der Waals surface area contributed by atoms with Crippen LogP contribution in [-0.2, 0) is 12.8 Å². The molecule has 8 heteroatoms. The highest BCUT2D eigenvalue weighted by Crippen LogP contribution is 2.40. The van der Waals surface area contributed by atoms with Gasteiger partial charge in [0, 0.05) is 11.1 Å². The molecule has 0 spiro atoms. The number of carbonyl (C=O) groups is 1. The summed E-state index contributed by atoms with van der Waals surface area (Å²) < 4.78 is 0. The lowest BCUT2D eigenvalue weighted by Gasteiger charge is -2.09. The second-order valence-electron chi connectivity index (χ2n) is 7.31. The zero-order valence-electron chi connectivity index (χ0n) is 16.8. The summed E-state index contributed by atoms with van der Waals surface area (Å²) in [5.74, 6) is -0.803. The van der Waals surface area contributed by atoms with Crippen LogP contribution in [0.2, 0.25) is 0 Å². The van der Waals surface area contributed by atoms with E-state index in [-0.39, 0.29) is 16.4 Å². The van der Waals surface area contributed by atoms with Gasteiger partial charge in [-0.05, 0) is 79.4 Å². The van der Waals surface area contributed by atoms with E-state index in [1.54, 1.807) is 19.1 Å². The number of thiophene rings is 1. The molecule has 1 heterocycles. The standard InChI is InChI=1S/C23H21N3O3S2/c1-13(25-26-23(30)24-18-7-3-6-17(11-18)22(28)29)19-12-31-21(20(19)27)16-9-8-14-4-2-5-15(14)10-16/h3,6-12,27H,2,4-5H2,1H3,(H,28,29)(H2,24,26,30)/b25-13+. The van der Waals surface area contributed by atoms with Gasteiger partial charge >= 0.3 is 5.97 Å². The third kappa shape index (κ3) is 4.60. The van der Waals surface area contributed by atoms with Crippen molar-refractivity contribution in [2.75, 3.05) is 5.32 Å². The number of anilines is 1. The van der Waals surface area contributed by atoms with Crippen molar-refractivity contribution in [1.29, 1.82) is 0 Å². The first-order chi connectivity index (χ1) is 14.9. The van der Waals surface area contributed by atoms with E-state index in [2.05, 4.69) is 34.0 Å². The number of nitrogens with one attached hydrogen (secondary N) is 2. The van der Waals surface area contributed by atoms with E-state index in [0.717, 1.165) is 23.3 Å². The molecule has 3 aromatic rings. The fourth-order valence-corrected chi connectivity index (χ4v) is 4.78. The quantitative estimate of drug-likeness (QED) is 0.247. The maximum absolute atomic E-state index is 11.1. The number of rotatable bonds is 5. The molecule has 0 amide bonds. The molecule has 0 fully saturated rings. The Kier molecular flexibility index (Phi) is 6.01. The van der Waals surface area contributed by atoms with E-state index in [9.17, 15) is 9.90 Å². The topological polar surface area (TPSA) is 94.0 Å². The summed E-state index contributed by atoms with van der Waals surface area (Å²) in [7, 11) is 0. The van der Waals surface area contributed by atoms with Crippen molar-refractivity contribution in [1.82, 2.24) is 5.43 Å². The second kappa shape index (κ2) is 8.87. The molecular formula is C23H21N3O3S2. The fourth-order valence-electron chi connectivity index (χ4n) is 3.61. The number of aryl methyl sites for hydroxylation is 2. The summed E-state index contributed by atoms with van der Waals surface area (Å²) in [6.45, 7) is 1.79. The van der Waals surface area contributed by atoms with Crippen molar-refractivity contribution in [3.05, 3.63) is 70.1 Å². The summed E-state index contributed by atoms with van der Waals surface area (Å²) in [5, 5.41) is 29.1. The number of carboxylic acid groups (broad SMARTS) is 1. The highest BCUT2D eigenvalue weighted by atomic mass is 32.1. The van der Waals surface area contributed by atoms with Gasteiger partial charge in [-0.25, -0.2) is 4.79 Å². The summed E-state index contributed by atoms with van der Waals surface area (Å²) in [6.07, 6.45) is 3.40. The summed E-state index contributed by atoms with van der Waals surface area (Å²) in [5.41, 5.74) is 8.46. The van der Waals surface area contributed by atoms with Crippen molar-refractivity contribution in [3.8, 4) is 16.2 Å². The predicted octanol–water partition coefficient (Wildman–Crippen LogP) is 5.02. The molecule has 2 aromatic carbocycles. The molecule has 0 aliphatic heterocycles. The van der Waals surface area contributed by atoms with Crippen LogP contribution < -0.4 is 10.7 Å². The van der Waals surface area contributed by atoms with Crippen LogP contribution in [0.4, 0.5) is 5.69 Å². The van der Waals surface area contributed by atoms with Crippen LogP contribution >= 0.6 is 23.6 Å². The van der Waals surface area contributed by atoms with E-state index >= 15 is 0 Å². The largest absolute Gasteiger partial charge is 0.506 e. The lowest BCUT2D eigenvalue weighted by Crippen LogP contribution is -2.25. The van der Waals surface area contributed by atoms with Crippen LogP contribution in [0.25, 0.3) is 10.4 Å². The van der Waals surface area contributed by atoms with E-state index in [4.69, 9.17) is 17.3 Å². The first-order valence-corrected chi connectivity index (χ1v) is 11.1. The molecule has 1 aliphatic carbocycles. The average Bonchev–Trinajstić information content (AvgIpc) is 3.38. The SMILES string of the molecule is C/C(=N\NC(=S)Nc1cccc(C(=O)O)c1)c1csc(-c2ccc3c(c2)CCC3)c1O. The molecule has 31 heavy (non-hydrogen) atoms. The maximum Gasteiger partial charge on any atom is 0.335 e. The zero-order valence-corrected chi connectivity index (χ0v) is 18.4. The molecule has 0 atom stereocenters. The number of nitrogens with zero attached hydrogens (tertiary/aromatic N) is 1. The Morgan fingerprint density at radius 1 is 1.16 bits per heavy atom. The summed E-state index contributed by atoms with van der Waals surface area (Å²) in [4.78, 5) is 11.9. The summed E-state index contributed by atoms with van der Waals surface area (Å²) in [6, 6.07) is 12.7. The van der Waals surface area contributed by atoms with Crippen molar-refractivity contribution in [2.45, 2.75) is 26.2 Å². The normalized spacial score (nSPS) is 13.0. The van der Waals surface area contributed by atoms with Gasteiger partial charge in [0.15, 0.2) is 5.11 Å². The van der Waals surface area contributed by atoms with Gasteiger partial charge in [-0.15, -0.1) is 11.3 Å². The van der Waals surface area contributed by atoms with Crippen LogP contribution in [0.1, 0.15) is 40.4 Å². The van der Waals surface area contributed by atoms with Gasteiger partial charge in [0.05, 0.1) is 21.7 Å². The molecule has 0 saturated carbocycles. The first-order valence-electron chi connectivity index (χ1n) is 9.80. The Bertz CT molecular complexity index is 1200. The third-order valence-electron chi connectivity index (χ3n) is 5.21. The predicted molar refractivity (Wildman–Crippen MR) is 128 cm³/mol. The minimum Gasteiger partial charge on any atom is -0.506 e. The van der Waals surface area contributed by atoms with Crippen molar-refractivity contribution < 1.29 is 15.0 Å². The van der Waals surface area contributed by atoms with Gasteiger partial charge in [0.25, 0.3) is 0 Å². The molecular weight excluding hydrogens is 430 g/mol. The number of hydrogen-bond donors (Lipinski definition) is 4. The van der Waals surface area contributed by atoms with Gasteiger partial charge in [-0.2, -0.15) is 5.10 Å². The molecule has 1 aliphatic rings. The molecule has 1 aromatic heterocycles. The van der Waals surface area contributed by atoms with Gasteiger partial charge in [-0.3, -0.25) is 5.43 Å². The van der Waals surface area contributed by atoms with E-state index in [1.165, 1.54) is 41.0 Å². The summed E-state index contributed by atoms with van der Waals surface area (Å²) >= 11 is 6.72. The molecule has 6 nitrogen and oxygen atoms in total. The zero-order chi connectivity index (χ0) is 22.0. The number of aromatic carboxylic acids is 1. The maximum atomic E-state index is 11.1. The molecule has 4 rings (SSSR count). The second-order valence-corrected chi connectivity index (χ2v) is 8.60. The fraction of sp³-hybridized carbons (Fsp3) is 0.174. The van der Waals surface area contributed by atoms with Crippen LogP contribution in [0.5, 0.6) is 5.75 Å². The lowest BCUT2D eigenvalue weighted by atomic mass is 10.0. The molecule has 0 bridgehead atoms. The number of thiocarbonyl (C=S) groups is 1. The van der Waals surface area contributed by atoms with Gasteiger partial charge in [0.2, 0.25) is 0 Å². The third-order valence-corrected chi connectivity index (χ3v) is 6.42. The number of benzene rings is 2. The van der Waals surface area contributed by atoms with E-state index in [0.29, 0.717) is 17.0 Å². The minimum absolute atomic E-state index is 0.162. The Hall–Kier alpha value is -3.23. The number of aromatic hydroxyl groups is 1. The number of hydrazone groups is 1. The van der Waals surface area contributed by atoms with E-state index < -0.39 is 5.97 Å².